The number of alkyl halides is 3. The lowest BCUT2D eigenvalue weighted by Gasteiger charge is -2.21. The molecule has 0 amide bonds. The SMILES string of the molecule is CCNC(=NCCc1ccccn1)NC1CCN(c2ncc(C(F)(F)F)cc2Cl)C1.I. The first-order valence-corrected chi connectivity index (χ1v) is 10.2. The van der Waals surface area contributed by atoms with Crippen molar-refractivity contribution in [2.45, 2.75) is 32.0 Å². The number of nitrogens with zero attached hydrogens (tertiary/aromatic N) is 4. The van der Waals surface area contributed by atoms with Gasteiger partial charge in [0, 0.05) is 56.7 Å². The normalized spacial score (nSPS) is 16.7. The molecule has 11 heteroatoms. The number of pyridine rings is 2. The van der Waals surface area contributed by atoms with E-state index < -0.39 is 11.7 Å². The van der Waals surface area contributed by atoms with Gasteiger partial charge in [0.05, 0.1) is 10.6 Å². The van der Waals surface area contributed by atoms with Crippen molar-refractivity contribution in [3.8, 4) is 0 Å². The van der Waals surface area contributed by atoms with Crippen molar-refractivity contribution in [1.82, 2.24) is 20.6 Å². The van der Waals surface area contributed by atoms with Crippen LogP contribution in [0.4, 0.5) is 19.0 Å². The Morgan fingerprint density at radius 2 is 2.13 bits per heavy atom. The van der Waals surface area contributed by atoms with Crippen LogP contribution in [0.1, 0.15) is 24.6 Å². The van der Waals surface area contributed by atoms with E-state index in [9.17, 15) is 13.2 Å². The van der Waals surface area contributed by atoms with Crippen molar-refractivity contribution in [3.63, 3.8) is 0 Å². The van der Waals surface area contributed by atoms with Crippen molar-refractivity contribution in [2.24, 2.45) is 4.99 Å². The zero-order chi connectivity index (χ0) is 21.6. The molecule has 2 aromatic heterocycles. The van der Waals surface area contributed by atoms with Gasteiger partial charge in [0.1, 0.15) is 5.82 Å². The van der Waals surface area contributed by atoms with Crippen molar-refractivity contribution in [2.75, 3.05) is 31.1 Å². The van der Waals surface area contributed by atoms with Crippen LogP contribution < -0.4 is 15.5 Å². The molecule has 170 valence electrons. The quantitative estimate of drug-likeness (QED) is 0.312. The van der Waals surface area contributed by atoms with Crippen LogP contribution in [0, 0.1) is 0 Å². The third kappa shape index (κ3) is 7.37. The number of halogens is 5. The summed E-state index contributed by atoms with van der Waals surface area (Å²) in [7, 11) is 0. The van der Waals surface area contributed by atoms with Crippen LogP contribution in [0.5, 0.6) is 0 Å². The van der Waals surface area contributed by atoms with E-state index in [2.05, 4.69) is 25.6 Å². The number of hydrogen-bond donors (Lipinski definition) is 2. The third-order valence-electron chi connectivity index (χ3n) is 4.69. The van der Waals surface area contributed by atoms with Crippen molar-refractivity contribution >= 4 is 47.4 Å². The average Bonchev–Trinajstić information content (AvgIpc) is 3.16. The summed E-state index contributed by atoms with van der Waals surface area (Å²) in [5.41, 5.74) is 0.131. The zero-order valence-corrected chi connectivity index (χ0v) is 20.1. The van der Waals surface area contributed by atoms with Gasteiger partial charge in [-0.3, -0.25) is 9.98 Å². The van der Waals surface area contributed by atoms with Crippen LogP contribution in [-0.2, 0) is 12.6 Å². The Balaban J connectivity index is 0.00000341. The maximum atomic E-state index is 12.8. The number of hydrogen-bond acceptors (Lipinski definition) is 4. The molecule has 2 N–H and O–H groups in total. The molecule has 0 saturated carbocycles. The summed E-state index contributed by atoms with van der Waals surface area (Å²) in [4.78, 5) is 14.7. The molecule has 31 heavy (non-hydrogen) atoms. The molecule has 1 fully saturated rings. The molecule has 0 aliphatic carbocycles. The van der Waals surface area contributed by atoms with E-state index in [1.165, 1.54) is 0 Å². The molecule has 1 unspecified atom stereocenters. The second kappa shape index (κ2) is 11.7. The number of aliphatic imine (C=N–C) groups is 1. The summed E-state index contributed by atoms with van der Waals surface area (Å²) in [5, 5.41) is 6.60. The van der Waals surface area contributed by atoms with Gasteiger partial charge in [-0.25, -0.2) is 4.98 Å². The third-order valence-corrected chi connectivity index (χ3v) is 4.96. The summed E-state index contributed by atoms with van der Waals surface area (Å²) in [6, 6.07) is 6.79. The molecule has 0 spiro atoms. The van der Waals surface area contributed by atoms with Crippen LogP contribution in [0.3, 0.4) is 0 Å². The van der Waals surface area contributed by atoms with Crippen LogP contribution in [0.15, 0.2) is 41.7 Å². The molecule has 1 aliphatic heterocycles. The monoisotopic (exact) mass is 568 g/mol. The van der Waals surface area contributed by atoms with Crippen molar-refractivity contribution in [3.05, 3.63) is 52.9 Å². The molecule has 1 aliphatic rings. The summed E-state index contributed by atoms with van der Waals surface area (Å²) in [6.45, 7) is 4.52. The molecule has 6 nitrogen and oxygen atoms in total. The highest BCUT2D eigenvalue weighted by molar-refractivity contribution is 14.0. The number of aromatic nitrogens is 2. The van der Waals surface area contributed by atoms with E-state index in [0.717, 1.165) is 37.3 Å². The first-order valence-electron chi connectivity index (χ1n) is 9.79. The Morgan fingerprint density at radius 1 is 1.32 bits per heavy atom. The minimum Gasteiger partial charge on any atom is -0.357 e. The molecular weight excluding hydrogens is 544 g/mol. The molecule has 3 heterocycles. The Kier molecular flexibility index (Phi) is 9.60. The van der Waals surface area contributed by atoms with Gasteiger partial charge < -0.3 is 15.5 Å². The van der Waals surface area contributed by atoms with Gasteiger partial charge in [0.25, 0.3) is 0 Å². The number of rotatable bonds is 6. The lowest BCUT2D eigenvalue weighted by Crippen LogP contribution is -2.44. The summed E-state index contributed by atoms with van der Waals surface area (Å²) < 4.78 is 38.5. The van der Waals surface area contributed by atoms with Crippen LogP contribution in [-0.4, -0.2) is 48.1 Å². The fourth-order valence-electron chi connectivity index (χ4n) is 3.23. The van der Waals surface area contributed by atoms with Gasteiger partial charge >= 0.3 is 6.18 Å². The van der Waals surface area contributed by atoms with Gasteiger partial charge in [-0.1, -0.05) is 17.7 Å². The fraction of sp³-hybridized carbons (Fsp3) is 0.450. The highest BCUT2D eigenvalue weighted by atomic mass is 127. The maximum absolute atomic E-state index is 12.8. The second-order valence-corrected chi connectivity index (χ2v) is 7.34. The van der Waals surface area contributed by atoms with Crippen LogP contribution in [0.2, 0.25) is 5.02 Å². The highest BCUT2D eigenvalue weighted by Gasteiger charge is 2.33. The summed E-state index contributed by atoms with van der Waals surface area (Å²) in [5.74, 6) is 1.07. The predicted molar refractivity (Wildman–Crippen MR) is 127 cm³/mol. The molecule has 1 atom stereocenters. The van der Waals surface area contributed by atoms with Crippen LogP contribution >= 0.6 is 35.6 Å². The van der Waals surface area contributed by atoms with E-state index in [1.54, 1.807) is 6.20 Å². The number of anilines is 1. The minimum absolute atomic E-state index is 0. The Bertz CT molecular complexity index is 866. The fourth-order valence-corrected chi connectivity index (χ4v) is 3.52. The van der Waals surface area contributed by atoms with Gasteiger partial charge in [-0.2, -0.15) is 13.2 Å². The van der Waals surface area contributed by atoms with E-state index in [1.807, 2.05) is 30.0 Å². The molecule has 0 aromatic carbocycles. The van der Waals surface area contributed by atoms with E-state index >= 15 is 0 Å². The standard InChI is InChI=1S/C20H24ClF3N6.HI/c1-2-25-19(27-9-6-15-5-3-4-8-26-15)29-16-7-10-30(13-16)18-17(21)11-14(12-28-18)20(22,23)24;/h3-5,8,11-12,16H,2,6-7,9-10,13H2,1H3,(H2,25,27,29);1H. The smallest absolute Gasteiger partial charge is 0.357 e. The number of nitrogens with one attached hydrogen (secondary N) is 2. The Labute approximate surface area is 201 Å². The predicted octanol–water partition coefficient (Wildman–Crippen LogP) is 4.14. The van der Waals surface area contributed by atoms with E-state index in [-0.39, 0.29) is 35.0 Å². The van der Waals surface area contributed by atoms with Gasteiger partial charge in [0.2, 0.25) is 0 Å². The van der Waals surface area contributed by atoms with Crippen molar-refractivity contribution in [1.29, 1.82) is 0 Å². The Morgan fingerprint density at radius 3 is 2.77 bits per heavy atom. The average molecular weight is 569 g/mol. The first kappa shape index (κ1) is 25.4. The number of guanidine groups is 1. The summed E-state index contributed by atoms with van der Waals surface area (Å²) >= 11 is 6.08. The molecule has 0 bridgehead atoms. The molecule has 2 aromatic rings. The molecule has 3 rings (SSSR count). The largest absolute Gasteiger partial charge is 0.417 e. The topological polar surface area (TPSA) is 65.4 Å². The second-order valence-electron chi connectivity index (χ2n) is 6.93. The van der Waals surface area contributed by atoms with Gasteiger partial charge in [0.15, 0.2) is 5.96 Å². The molecule has 1 saturated heterocycles. The maximum Gasteiger partial charge on any atom is 0.417 e. The lowest BCUT2D eigenvalue weighted by atomic mass is 10.2. The minimum atomic E-state index is -4.46. The molecule has 0 radical (unpaired) electrons. The Hall–Kier alpha value is -1.82. The van der Waals surface area contributed by atoms with Gasteiger partial charge in [-0.05, 0) is 31.5 Å². The van der Waals surface area contributed by atoms with Gasteiger partial charge in [-0.15, -0.1) is 24.0 Å². The highest BCUT2D eigenvalue weighted by Crippen LogP contribution is 2.34. The molecular formula is C20H25ClF3IN6. The zero-order valence-electron chi connectivity index (χ0n) is 17.0. The first-order chi connectivity index (χ1) is 14.4. The van der Waals surface area contributed by atoms with E-state index in [0.29, 0.717) is 31.4 Å². The van der Waals surface area contributed by atoms with E-state index in [4.69, 9.17) is 11.6 Å². The lowest BCUT2D eigenvalue weighted by molar-refractivity contribution is -0.137. The van der Waals surface area contributed by atoms with Crippen LogP contribution in [0.25, 0.3) is 0 Å². The summed E-state index contributed by atoms with van der Waals surface area (Å²) in [6.07, 6.45) is -0.346. The van der Waals surface area contributed by atoms with Crippen molar-refractivity contribution < 1.29 is 13.2 Å².